The molecule has 0 atom stereocenters. The molecule has 118 valence electrons. The van der Waals surface area contributed by atoms with E-state index in [-0.39, 0.29) is 16.8 Å². The first-order valence-electron chi connectivity index (χ1n) is 7.26. The van der Waals surface area contributed by atoms with Crippen LogP contribution >= 0.6 is 10.7 Å². The molecule has 1 aliphatic carbocycles. The van der Waals surface area contributed by atoms with Gasteiger partial charge in [-0.25, -0.2) is 8.42 Å². The van der Waals surface area contributed by atoms with E-state index in [4.69, 9.17) is 10.7 Å². The predicted molar refractivity (Wildman–Crippen MR) is 82.2 cm³/mol. The van der Waals surface area contributed by atoms with Gasteiger partial charge in [0.25, 0.3) is 15.0 Å². The maximum atomic E-state index is 12.5. The molecule has 0 unspecified atom stereocenters. The molecule has 0 N–H and O–H groups in total. The predicted octanol–water partition coefficient (Wildman–Crippen LogP) is 3.01. The Morgan fingerprint density at radius 2 is 2.14 bits per heavy atom. The number of nitrogens with zero attached hydrogens (tertiary/aromatic N) is 2. The van der Waals surface area contributed by atoms with Crippen LogP contribution in [0, 0.1) is 0 Å². The number of halogens is 1. The van der Waals surface area contributed by atoms with Gasteiger partial charge in [-0.15, -0.1) is 0 Å². The van der Waals surface area contributed by atoms with Crippen LogP contribution < -0.4 is 0 Å². The standard InChI is InChI=1S/C14H21ClN2O3S/c1-3-4-8-16(2)14(18)13-9-12(21(15,19)20)10-17(13)11-6-5-7-11/h9-11H,3-8H2,1-2H3. The van der Waals surface area contributed by atoms with Crippen LogP contribution in [-0.4, -0.2) is 37.4 Å². The van der Waals surface area contributed by atoms with Gasteiger partial charge in [0.15, 0.2) is 0 Å². The molecule has 0 spiro atoms. The maximum Gasteiger partial charge on any atom is 0.270 e. The topological polar surface area (TPSA) is 59.4 Å². The smallest absolute Gasteiger partial charge is 0.270 e. The normalized spacial score (nSPS) is 15.8. The molecule has 2 rings (SSSR count). The minimum atomic E-state index is -3.82. The summed E-state index contributed by atoms with van der Waals surface area (Å²) >= 11 is 0. The van der Waals surface area contributed by atoms with Crippen molar-refractivity contribution >= 4 is 25.6 Å². The molecule has 1 amide bonds. The van der Waals surface area contributed by atoms with Crippen LogP contribution in [0.3, 0.4) is 0 Å². The lowest BCUT2D eigenvalue weighted by atomic mass is 9.93. The van der Waals surface area contributed by atoms with E-state index in [2.05, 4.69) is 6.92 Å². The van der Waals surface area contributed by atoms with Gasteiger partial charge in [0, 0.05) is 36.5 Å². The van der Waals surface area contributed by atoms with Crippen molar-refractivity contribution < 1.29 is 13.2 Å². The van der Waals surface area contributed by atoms with Crippen LogP contribution in [0.25, 0.3) is 0 Å². The highest BCUT2D eigenvalue weighted by Crippen LogP contribution is 2.35. The zero-order chi connectivity index (χ0) is 15.6. The minimum absolute atomic E-state index is 0.00306. The van der Waals surface area contributed by atoms with Gasteiger partial charge in [0.1, 0.15) is 10.6 Å². The molecule has 0 radical (unpaired) electrons. The Morgan fingerprint density at radius 1 is 1.48 bits per heavy atom. The second-order valence-corrected chi connectivity index (χ2v) is 8.14. The maximum absolute atomic E-state index is 12.5. The summed E-state index contributed by atoms with van der Waals surface area (Å²) in [6, 6.07) is 1.60. The van der Waals surface area contributed by atoms with E-state index >= 15 is 0 Å². The highest BCUT2D eigenvalue weighted by molar-refractivity contribution is 8.13. The van der Waals surface area contributed by atoms with E-state index < -0.39 is 9.05 Å². The Labute approximate surface area is 130 Å². The number of carbonyl (C=O) groups is 1. The lowest BCUT2D eigenvalue weighted by Crippen LogP contribution is -2.31. The third-order valence-corrected chi connectivity index (χ3v) is 5.31. The molecule has 0 aromatic carbocycles. The van der Waals surface area contributed by atoms with Crippen molar-refractivity contribution in [2.45, 2.75) is 50.0 Å². The summed E-state index contributed by atoms with van der Waals surface area (Å²) in [7, 11) is 3.34. The molecule has 1 aromatic rings. The van der Waals surface area contributed by atoms with E-state index in [1.165, 1.54) is 12.3 Å². The Kier molecular flexibility index (Phi) is 4.99. The summed E-state index contributed by atoms with van der Waals surface area (Å²) in [6.07, 6.45) is 6.46. The van der Waals surface area contributed by atoms with Crippen LogP contribution in [0.15, 0.2) is 17.2 Å². The average Bonchev–Trinajstić information content (AvgIpc) is 2.77. The lowest BCUT2D eigenvalue weighted by Gasteiger charge is -2.29. The molecule has 0 aliphatic heterocycles. The van der Waals surface area contributed by atoms with E-state index in [9.17, 15) is 13.2 Å². The zero-order valence-electron chi connectivity index (χ0n) is 12.4. The van der Waals surface area contributed by atoms with Gasteiger partial charge >= 0.3 is 0 Å². The van der Waals surface area contributed by atoms with Crippen LogP contribution in [0.4, 0.5) is 0 Å². The number of unbranched alkanes of at least 4 members (excludes halogenated alkanes) is 1. The summed E-state index contributed by atoms with van der Waals surface area (Å²) in [5.41, 5.74) is 0.414. The first-order chi connectivity index (χ1) is 9.84. The SMILES string of the molecule is CCCCN(C)C(=O)c1cc(S(=O)(=O)Cl)cn1C1CCC1. The first-order valence-corrected chi connectivity index (χ1v) is 9.57. The van der Waals surface area contributed by atoms with Gasteiger partial charge in [-0.3, -0.25) is 4.79 Å². The fourth-order valence-electron chi connectivity index (χ4n) is 2.42. The molecule has 1 aromatic heterocycles. The van der Waals surface area contributed by atoms with Crippen LogP contribution in [0.5, 0.6) is 0 Å². The van der Waals surface area contributed by atoms with Gasteiger partial charge in [-0.1, -0.05) is 13.3 Å². The highest BCUT2D eigenvalue weighted by atomic mass is 35.7. The molecule has 21 heavy (non-hydrogen) atoms. The molecular weight excluding hydrogens is 312 g/mol. The number of rotatable bonds is 6. The van der Waals surface area contributed by atoms with Crippen molar-refractivity contribution in [3.63, 3.8) is 0 Å². The molecule has 1 saturated carbocycles. The van der Waals surface area contributed by atoms with Crippen LogP contribution in [0.2, 0.25) is 0 Å². The van der Waals surface area contributed by atoms with Crippen LogP contribution in [0.1, 0.15) is 55.6 Å². The van der Waals surface area contributed by atoms with Gasteiger partial charge in [0.05, 0.1) is 0 Å². The van der Waals surface area contributed by atoms with Gasteiger partial charge in [0.2, 0.25) is 0 Å². The lowest BCUT2D eigenvalue weighted by molar-refractivity contribution is 0.0776. The summed E-state index contributed by atoms with van der Waals surface area (Å²) in [5, 5.41) is 0. The summed E-state index contributed by atoms with van der Waals surface area (Å²) in [6.45, 7) is 2.72. The van der Waals surface area contributed by atoms with Crippen molar-refractivity contribution in [3.05, 3.63) is 18.0 Å². The van der Waals surface area contributed by atoms with Crippen molar-refractivity contribution in [2.24, 2.45) is 0 Å². The first kappa shape index (κ1) is 16.4. The van der Waals surface area contributed by atoms with E-state index in [1.54, 1.807) is 16.5 Å². The Bertz CT molecular complexity index is 620. The van der Waals surface area contributed by atoms with Gasteiger partial charge in [-0.05, 0) is 31.7 Å². The van der Waals surface area contributed by atoms with Gasteiger partial charge < -0.3 is 9.47 Å². The van der Waals surface area contributed by atoms with Crippen molar-refractivity contribution in [3.8, 4) is 0 Å². The Balaban J connectivity index is 2.32. The number of hydrogen-bond donors (Lipinski definition) is 0. The summed E-state index contributed by atoms with van der Waals surface area (Å²) in [4.78, 5) is 14.2. The van der Waals surface area contributed by atoms with Crippen molar-refractivity contribution in [2.75, 3.05) is 13.6 Å². The third-order valence-electron chi connectivity index (χ3n) is 3.99. The molecule has 1 heterocycles. The second-order valence-electron chi connectivity index (χ2n) is 5.57. The number of aromatic nitrogens is 1. The molecular formula is C14H21ClN2O3S. The van der Waals surface area contributed by atoms with Crippen molar-refractivity contribution in [1.82, 2.24) is 9.47 Å². The van der Waals surface area contributed by atoms with E-state index in [1.807, 2.05) is 0 Å². The molecule has 7 heteroatoms. The monoisotopic (exact) mass is 332 g/mol. The fourth-order valence-corrected chi connectivity index (χ4v) is 3.16. The molecule has 5 nitrogen and oxygen atoms in total. The van der Waals surface area contributed by atoms with Gasteiger partial charge in [-0.2, -0.15) is 0 Å². The van der Waals surface area contributed by atoms with Crippen molar-refractivity contribution in [1.29, 1.82) is 0 Å². The molecule has 0 saturated heterocycles. The minimum Gasteiger partial charge on any atom is -0.340 e. The number of hydrogen-bond acceptors (Lipinski definition) is 3. The quantitative estimate of drug-likeness (QED) is 0.752. The molecule has 1 fully saturated rings. The van der Waals surface area contributed by atoms with E-state index in [0.717, 1.165) is 32.1 Å². The number of amides is 1. The second kappa shape index (κ2) is 6.40. The average molecular weight is 333 g/mol. The zero-order valence-corrected chi connectivity index (χ0v) is 14.0. The molecule has 0 bridgehead atoms. The summed E-state index contributed by atoms with van der Waals surface area (Å²) in [5.74, 6) is -0.151. The van der Waals surface area contributed by atoms with Crippen LogP contribution in [-0.2, 0) is 9.05 Å². The summed E-state index contributed by atoms with van der Waals surface area (Å²) < 4.78 is 24.8. The fraction of sp³-hybridized carbons (Fsp3) is 0.643. The largest absolute Gasteiger partial charge is 0.340 e. The Hall–Kier alpha value is -1.01. The van der Waals surface area contributed by atoms with E-state index in [0.29, 0.717) is 12.2 Å². The molecule has 1 aliphatic rings. The highest BCUT2D eigenvalue weighted by Gasteiger charge is 2.28. The third kappa shape index (κ3) is 3.61. The number of carbonyl (C=O) groups excluding carboxylic acids is 1. The Morgan fingerprint density at radius 3 is 2.62 bits per heavy atom.